The van der Waals surface area contributed by atoms with Crippen LogP contribution in [0, 0.1) is 17.1 Å². The molecule has 0 unspecified atom stereocenters. The van der Waals surface area contributed by atoms with Gasteiger partial charge in [-0.15, -0.1) is 0 Å². The molecule has 0 aliphatic carbocycles. The van der Waals surface area contributed by atoms with Crippen molar-refractivity contribution < 1.29 is 9.18 Å². The van der Waals surface area contributed by atoms with E-state index in [1.54, 1.807) is 6.08 Å². The lowest BCUT2D eigenvalue weighted by molar-refractivity contribution is -0.112. The first kappa shape index (κ1) is 21.5. The molecule has 1 N–H and O–H groups in total. The summed E-state index contributed by atoms with van der Waals surface area (Å²) in [5.74, 6) is -0.939. The molecule has 0 aromatic heterocycles. The van der Waals surface area contributed by atoms with Crippen molar-refractivity contribution in [2.24, 2.45) is 0 Å². The first-order chi connectivity index (χ1) is 15.5. The van der Waals surface area contributed by atoms with Gasteiger partial charge in [-0.3, -0.25) is 4.79 Å². The Bertz CT molecular complexity index is 1370. The van der Waals surface area contributed by atoms with Crippen LogP contribution in [0.2, 0.25) is 0 Å². The number of halogens is 2. The molecule has 3 nitrogen and oxygen atoms in total. The minimum absolute atomic E-state index is 0.0287. The summed E-state index contributed by atoms with van der Waals surface area (Å²) < 4.78 is 14.2. The smallest absolute Gasteiger partial charge is 0.266 e. The zero-order valence-corrected chi connectivity index (χ0v) is 18.6. The maximum absolute atomic E-state index is 13.2. The van der Waals surface area contributed by atoms with Gasteiger partial charge in [-0.2, -0.15) is 5.26 Å². The first-order valence-electron chi connectivity index (χ1n) is 9.98. The third-order valence-corrected chi connectivity index (χ3v) is 5.93. The first-order valence-corrected chi connectivity index (χ1v) is 10.8. The number of nitrogens with one attached hydrogen (secondary N) is 1. The molecule has 4 rings (SSSR count). The number of nitrogens with zero attached hydrogens (tertiary/aromatic N) is 1. The van der Waals surface area contributed by atoms with Crippen LogP contribution in [0.15, 0.2) is 95.0 Å². The molecule has 1 amide bonds. The third kappa shape index (κ3) is 4.77. The van der Waals surface area contributed by atoms with Crippen LogP contribution in [0.1, 0.15) is 16.7 Å². The van der Waals surface area contributed by atoms with E-state index in [2.05, 4.69) is 21.2 Å². The number of hydrogen-bond acceptors (Lipinski definition) is 2. The van der Waals surface area contributed by atoms with Crippen LogP contribution in [0.4, 0.5) is 10.1 Å². The third-order valence-electron chi connectivity index (χ3n) is 5.16. The van der Waals surface area contributed by atoms with E-state index in [0.717, 1.165) is 31.9 Å². The minimum Gasteiger partial charge on any atom is -0.321 e. The Morgan fingerprint density at radius 1 is 0.938 bits per heavy atom. The number of rotatable bonds is 5. The maximum Gasteiger partial charge on any atom is 0.266 e. The van der Waals surface area contributed by atoms with E-state index in [-0.39, 0.29) is 5.57 Å². The maximum atomic E-state index is 13.2. The number of nitriles is 1. The zero-order valence-electron chi connectivity index (χ0n) is 17.0. The largest absolute Gasteiger partial charge is 0.321 e. The highest BCUT2D eigenvalue weighted by Gasteiger charge is 2.14. The molecule has 0 spiro atoms. The van der Waals surface area contributed by atoms with Crippen molar-refractivity contribution in [3.05, 3.63) is 117 Å². The van der Waals surface area contributed by atoms with Gasteiger partial charge in [0.1, 0.15) is 17.5 Å². The van der Waals surface area contributed by atoms with Gasteiger partial charge in [0.25, 0.3) is 5.91 Å². The lowest BCUT2D eigenvalue weighted by atomic mass is 9.93. The van der Waals surface area contributed by atoms with Gasteiger partial charge in [0.05, 0.1) is 0 Å². The highest BCUT2D eigenvalue weighted by Crippen LogP contribution is 2.29. The van der Waals surface area contributed by atoms with Gasteiger partial charge in [0.2, 0.25) is 0 Å². The van der Waals surface area contributed by atoms with Gasteiger partial charge in [0.15, 0.2) is 0 Å². The molecular formula is C27H18BrFN2O. The van der Waals surface area contributed by atoms with Gasteiger partial charge in [0, 0.05) is 10.2 Å². The second-order valence-corrected chi connectivity index (χ2v) is 8.11. The molecule has 4 aromatic carbocycles. The van der Waals surface area contributed by atoms with Crippen molar-refractivity contribution in [1.29, 1.82) is 5.26 Å². The van der Waals surface area contributed by atoms with Gasteiger partial charge >= 0.3 is 0 Å². The summed E-state index contributed by atoms with van der Waals surface area (Å²) in [5.41, 5.74) is 3.32. The summed E-state index contributed by atoms with van der Waals surface area (Å²) in [5, 5.41) is 14.4. The molecule has 5 heteroatoms. The Morgan fingerprint density at radius 2 is 1.66 bits per heavy atom. The van der Waals surface area contributed by atoms with Crippen molar-refractivity contribution in [2.75, 3.05) is 5.32 Å². The highest BCUT2D eigenvalue weighted by atomic mass is 79.9. The van der Waals surface area contributed by atoms with Crippen LogP contribution >= 0.6 is 15.9 Å². The standard InChI is InChI=1S/C27H18BrFN2O/c28-26-8-4-2-6-20(26)15-19-10-9-18-5-1-3-7-24(18)25(19)16-21(17-30)27(32)31-23-13-11-22(29)12-14-23/h1-14,16H,15H2,(H,31,32)/b21-16+. The summed E-state index contributed by atoms with van der Waals surface area (Å²) in [6.07, 6.45) is 2.27. The summed E-state index contributed by atoms with van der Waals surface area (Å²) in [7, 11) is 0. The minimum atomic E-state index is -0.543. The molecule has 0 bridgehead atoms. The van der Waals surface area contributed by atoms with E-state index >= 15 is 0 Å². The van der Waals surface area contributed by atoms with Crippen molar-refractivity contribution in [3.8, 4) is 6.07 Å². The highest BCUT2D eigenvalue weighted by molar-refractivity contribution is 9.10. The average Bonchev–Trinajstić information content (AvgIpc) is 2.81. The number of benzene rings is 4. The molecule has 0 saturated heterocycles. The van der Waals surface area contributed by atoms with Crippen LogP contribution in [0.25, 0.3) is 16.8 Å². The predicted octanol–water partition coefficient (Wildman–Crippen LogP) is 6.88. The predicted molar refractivity (Wildman–Crippen MR) is 130 cm³/mol. The van der Waals surface area contributed by atoms with Gasteiger partial charge < -0.3 is 5.32 Å². The zero-order chi connectivity index (χ0) is 22.5. The Hall–Kier alpha value is -3.75. The number of fused-ring (bicyclic) bond motifs is 1. The second kappa shape index (κ2) is 9.59. The SMILES string of the molecule is N#C/C(=C\c1c(Cc2ccccc2Br)ccc2ccccc12)C(=O)Nc1ccc(F)cc1. The van der Waals surface area contributed by atoms with Gasteiger partial charge in [-0.1, -0.05) is 70.5 Å². The van der Waals surface area contributed by atoms with E-state index in [9.17, 15) is 14.4 Å². The molecule has 156 valence electrons. The number of anilines is 1. The second-order valence-electron chi connectivity index (χ2n) is 7.26. The average molecular weight is 485 g/mol. The van der Waals surface area contributed by atoms with Crippen LogP contribution in [-0.4, -0.2) is 5.91 Å². The fourth-order valence-corrected chi connectivity index (χ4v) is 3.96. The van der Waals surface area contributed by atoms with Crippen LogP contribution in [0.3, 0.4) is 0 Å². The molecule has 0 aliphatic heterocycles. The Morgan fingerprint density at radius 3 is 2.41 bits per heavy atom. The topological polar surface area (TPSA) is 52.9 Å². The van der Waals surface area contributed by atoms with Gasteiger partial charge in [-0.05, 0) is 70.3 Å². The number of carbonyl (C=O) groups excluding carboxylic acids is 1. The normalized spacial score (nSPS) is 11.2. The number of amides is 1. The Balaban J connectivity index is 1.77. The molecule has 32 heavy (non-hydrogen) atoms. The quantitative estimate of drug-likeness (QED) is 0.248. The van der Waals surface area contributed by atoms with Crippen LogP contribution in [0.5, 0.6) is 0 Å². The molecule has 4 aromatic rings. The van der Waals surface area contributed by atoms with E-state index in [4.69, 9.17) is 0 Å². The Kier molecular flexibility index (Phi) is 6.44. The van der Waals surface area contributed by atoms with Crippen molar-refractivity contribution in [3.63, 3.8) is 0 Å². The fraction of sp³-hybridized carbons (Fsp3) is 0.0370. The van der Waals surface area contributed by atoms with Crippen LogP contribution < -0.4 is 5.32 Å². The molecule has 0 saturated carbocycles. The number of carbonyl (C=O) groups is 1. The molecular weight excluding hydrogens is 467 g/mol. The van der Waals surface area contributed by atoms with E-state index < -0.39 is 11.7 Å². The molecule has 0 fully saturated rings. The van der Waals surface area contributed by atoms with Crippen molar-refractivity contribution in [2.45, 2.75) is 6.42 Å². The Labute approximate surface area is 193 Å². The van der Waals surface area contributed by atoms with E-state index in [1.807, 2.05) is 66.7 Å². The fourth-order valence-electron chi connectivity index (χ4n) is 3.54. The van der Waals surface area contributed by atoms with Crippen molar-refractivity contribution >= 4 is 44.4 Å². The van der Waals surface area contributed by atoms with E-state index in [1.165, 1.54) is 24.3 Å². The molecule has 0 atom stereocenters. The lowest BCUT2D eigenvalue weighted by Crippen LogP contribution is -2.13. The lowest BCUT2D eigenvalue weighted by Gasteiger charge is -2.12. The monoisotopic (exact) mass is 484 g/mol. The molecule has 0 radical (unpaired) electrons. The summed E-state index contributed by atoms with van der Waals surface area (Å²) in [4.78, 5) is 12.8. The van der Waals surface area contributed by atoms with Gasteiger partial charge in [-0.25, -0.2) is 4.39 Å². The van der Waals surface area contributed by atoms with Crippen LogP contribution in [-0.2, 0) is 11.2 Å². The molecule has 0 aliphatic rings. The summed E-state index contributed by atoms with van der Waals surface area (Å²) in [6.45, 7) is 0. The summed E-state index contributed by atoms with van der Waals surface area (Å²) >= 11 is 3.60. The van der Waals surface area contributed by atoms with E-state index in [0.29, 0.717) is 12.1 Å². The summed E-state index contributed by atoms with van der Waals surface area (Å²) in [6, 6.07) is 27.4. The number of hydrogen-bond donors (Lipinski definition) is 1. The van der Waals surface area contributed by atoms with Crippen molar-refractivity contribution in [1.82, 2.24) is 0 Å². The molecule has 0 heterocycles.